The molecule has 16 nitrogen and oxygen atoms in total. The molecular weight excluding hydrogens is 851 g/mol. The minimum absolute atomic E-state index is 0.0118. The van der Waals surface area contributed by atoms with Gasteiger partial charge in [0, 0.05) is 49.7 Å². The number of hydrogen-bond donors (Lipinski definition) is 9. The second-order valence-corrected chi connectivity index (χ2v) is 17.0. The van der Waals surface area contributed by atoms with Crippen molar-refractivity contribution in [3.8, 4) is 0 Å². The number of H-pyrrole nitrogens is 1. The molecule has 0 aliphatic rings. The summed E-state index contributed by atoms with van der Waals surface area (Å²) in [7, 11) is 0. The van der Waals surface area contributed by atoms with Gasteiger partial charge in [-0.25, -0.2) is 0 Å². The predicted octanol–water partition coefficient (Wildman–Crippen LogP) is 2.64. The third-order valence-corrected chi connectivity index (χ3v) is 11.4. The molecule has 5 rings (SSSR count). The molecule has 0 unspecified atom stereocenters. The zero-order chi connectivity index (χ0) is 48.3. The maximum Gasteiger partial charge on any atom is 0.243 e. The highest BCUT2D eigenvalue weighted by Crippen LogP contribution is 2.20. The van der Waals surface area contributed by atoms with Crippen LogP contribution in [0.4, 0.5) is 0 Å². The number of nitrogens with one attached hydrogen (secondary N) is 7. The highest BCUT2D eigenvalue weighted by molar-refractivity contribution is 5.97. The van der Waals surface area contributed by atoms with Gasteiger partial charge in [-0.2, -0.15) is 0 Å². The van der Waals surface area contributed by atoms with Crippen LogP contribution in [0, 0.1) is 5.92 Å². The average molecular weight is 914 g/mol. The number of hydrogen-bond acceptors (Lipinski definition) is 8. The molecule has 7 amide bonds. The molecule has 0 saturated heterocycles. The van der Waals surface area contributed by atoms with Gasteiger partial charge in [0.25, 0.3) is 0 Å². The fraction of sp³-hybridized carbons (Fsp3) is 0.353. The number of carbonyl (C=O) groups excluding carboxylic acids is 7. The van der Waals surface area contributed by atoms with Crippen molar-refractivity contribution in [3.63, 3.8) is 0 Å². The second-order valence-electron chi connectivity index (χ2n) is 17.0. The van der Waals surface area contributed by atoms with Crippen LogP contribution >= 0.6 is 0 Å². The largest absolute Gasteiger partial charge is 0.368 e. The van der Waals surface area contributed by atoms with E-state index >= 15 is 0 Å². The van der Waals surface area contributed by atoms with E-state index in [4.69, 9.17) is 11.5 Å². The topological polar surface area (TPSA) is 260 Å². The van der Waals surface area contributed by atoms with E-state index in [-0.39, 0.29) is 38.0 Å². The van der Waals surface area contributed by atoms with Crippen LogP contribution in [0.5, 0.6) is 0 Å². The van der Waals surface area contributed by atoms with E-state index in [2.05, 4.69) is 36.9 Å². The Morgan fingerprint density at radius 3 is 1.34 bits per heavy atom. The lowest BCUT2D eigenvalue weighted by Gasteiger charge is -2.28. The van der Waals surface area contributed by atoms with E-state index in [0.717, 1.165) is 22.0 Å². The van der Waals surface area contributed by atoms with Crippen molar-refractivity contribution in [2.24, 2.45) is 17.4 Å². The van der Waals surface area contributed by atoms with Crippen LogP contribution in [0.2, 0.25) is 0 Å². The van der Waals surface area contributed by atoms with Gasteiger partial charge in [0.1, 0.15) is 36.3 Å². The summed E-state index contributed by atoms with van der Waals surface area (Å²) in [4.78, 5) is 99.5. The fourth-order valence-electron chi connectivity index (χ4n) is 7.82. The van der Waals surface area contributed by atoms with Crippen molar-refractivity contribution >= 4 is 52.3 Å². The summed E-state index contributed by atoms with van der Waals surface area (Å²) in [6, 6.07) is 27.8. The Kier molecular flexibility index (Phi) is 19.2. The summed E-state index contributed by atoms with van der Waals surface area (Å²) in [6.45, 7) is 5.14. The molecule has 0 aliphatic heterocycles. The quantitative estimate of drug-likeness (QED) is 0.0393. The van der Waals surface area contributed by atoms with E-state index in [0.29, 0.717) is 30.5 Å². The Morgan fingerprint density at radius 2 is 0.910 bits per heavy atom. The zero-order valence-corrected chi connectivity index (χ0v) is 38.3. The Bertz CT molecular complexity index is 2430. The van der Waals surface area contributed by atoms with Crippen molar-refractivity contribution in [2.45, 2.75) is 102 Å². The van der Waals surface area contributed by atoms with Gasteiger partial charge in [0.15, 0.2) is 0 Å². The first-order chi connectivity index (χ1) is 32.2. The number of rotatable bonds is 25. The van der Waals surface area contributed by atoms with E-state index in [9.17, 15) is 33.6 Å². The Morgan fingerprint density at radius 1 is 0.507 bits per heavy atom. The molecule has 0 spiro atoms. The lowest BCUT2D eigenvalue weighted by molar-refractivity contribution is -0.135. The van der Waals surface area contributed by atoms with Crippen LogP contribution in [0.3, 0.4) is 0 Å². The monoisotopic (exact) mass is 913 g/mol. The number of para-hydroxylation sites is 1. The first-order valence-electron chi connectivity index (χ1n) is 22.7. The summed E-state index contributed by atoms with van der Waals surface area (Å²) < 4.78 is 0. The molecule has 4 aromatic carbocycles. The molecule has 0 saturated carbocycles. The molecule has 0 bridgehead atoms. The van der Waals surface area contributed by atoms with Crippen molar-refractivity contribution < 1.29 is 33.6 Å². The number of primary amides is 1. The zero-order valence-electron chi connectivity index (χ0n) is 38.3. The van der Waals surface area contributed by atoms with Gasteiger partial charge >= 0.3 is 0 Å². The number of carbonyl (C=O) groups is 7. The summed E-state index contributed by atoms with van der Waals surface area (Å²) in [6.07, 6.45) is 3.16. The number of aromatic amines is 1. The predicted molar refractivity (Wildman–Crippen MR) is 257 cm³/mol. The van der Waals surface area contributed by atoms with Crippen molar-refractivity contribution in [3.05, 3.63) is 144 Å². The maximum absolute atomic E-state index is 14.8. The lowest BCUT2D eigenvalue weighted by Crippen LogP contribution is -2.60. The summed E-state index contributed by atoms with van der Waals surface area (Å²) in [5.74, 6) is -4.79. The molecule has 0 fully saturated rings. The first kappa shape index (κ1) is 50.7. The van der Waals surface area contributed by atoms with Crippen molar-refractivity contribution in [1.29, 1.82) is 0 Å². The number of amides is 7. The molecule has 0 radical (unpaired) electrons. The fourth-order valence-corrected chi connectivity index (χ4v) is 7.82. The van der Waals surface area contributed by atoms with Crippen molar-refractivity contribution in [1.82, 2.24) is 36.9 Å². The molecule has 0 aliphatic carbocycles. The summed E-state index contributed by atoms with van der Waals surface area (Å²) >= 11 is 0. The second kappa shape index (κ2) is 25.4. The van der Waals surface area contributed by atoms with Gasteiger partial charge in [-0.05, 0) is 60.0 Å². The number of nitrogens with two attached hydrogens (primary N) is 2. The van der Waals surface area contributed by atoms with E-state index < -0.39 is 77.6 Å². The lowest BCUT2D eigenvalue weighted by atomic mass is 9.99. The van der Waals surface area contributed by atoms with Crippen LogP contribution in [0.1, 0.15) is 62.3 Å². The highest BCUT2D eigenvalue weighted by atomic mass is 16.2. The average Bonchev–Trinajstić information content (AvgIpc) is 3.72. The van der Waals surface area contributed by atoms with Gasteiger partial charge in [-0.15, -0.1) is 0 Å². The Balaban J connectivity index is 1.47. The van der Waals surface area contributed by atoms with E-state index in [1.807, 2.05) is 78.9 Å². The molecular formula is C51H63N9O7. The molecule has 16 heteroatoms. The number of fused-ring (bicyclic) bond motifs is 1. The van der Waals surface area contributed by atoms with Gasteiger partial charge in [0.05, 0.1) is 0 Å². The summed E-state index contributed by atoms with van der Waals surface area (Å²) in [5.41, 5.74) is 15.1. The van der Waals surface area contributed by atoms with Crippen LogP contribution in [0.15, 0.2) is 121 Å². The van der Waals surface area contributed by atoms with Gasteiger partial charge < -0.3 is 48.4 Å². The summed E-state index contributed by atoms with van der Waals surface area (Å²) in [5, 5.41) is 17.6. The SMILES string of the molecule is CC(=O)N[C@@H](Cc1ccccc1)C(=O)N[C@@H](Cc1ccccc1)C(=O)N[C@@H](Cc1c[nH]c2ccccc12)C(=O)N[C@@H](Cc1ccccc1)C(=O)N[C@@H](CCCCN)C(=O)N[C@H](C(N)=O)C(C)C. The van der Waals surface area contributed by atoms with Crippen molar-refractivity contribution in [2.75, 3.05) is 6.54 Å². The maximum atomic E-state index is 14.8. The standard InChI is InChI=1S/C51H63N9O7/c1-32(2)45(46(53)62)60-47(63)40(25-15-16-26-52)56-49(65)42(28-35-19-9-5-10-20-35)58-51(67)44(30-37-31-54-39-24-14-13-23-38(37)39)59-50(66)43(29-36-21-11-6-12-22-36)57-48(64)41(55-33(3)61)27-34-17-7-4-8-18-34/h4-14,17-24,31-32,40-45,54H,15-16,25-30,52H2,1-3H3,(H2,53,62)(H,55,61)(H,56,65)(H,57,64)(H,58,67)(H,59,66)(H,60,63)/t40-,41-,42-,43-,44-,45-/m0/s1. The normalized spacial score (nSPS) is 13.8. The third-order valence-electron chi connectivity index (χ3n) is 11.4. The smallest absolute Gasteiger partial charge is 0.243 e. The van der Waals surface area contributed by atoms with E-state index in [1.165, 1.54) is 6.92 Å². The van der Waals surface area contributed by atoms with E-state index in [1.54, 1.807) is 56.4 Å². The first-order valence-corrected chi connectivity index (χ1v) is 22.7. The van der Waals surface area contributed by atoms with Crippen LogP contribution in [0.25, 0.3) is 10.9 Å². The highest BCUT2D eigenvalue weighted by Gasteiger charge is 2.34. The Labute approximate surface area is 391 Å². The van der Waals surface area contributed by atoms with Crippen LogP contribution in [-0.2, 0) is 59.2 Å². The molecule has 5 aromatic rings. The molecule has 1 heterocycles. The van der Waals surface area contributed by atoms with Gasteiger partial charge in [-0.3, -0.25) is 33.6 Å². The third kappa shape index (κ3) is 15.7. The minimum atomic E-state index is -1.30. The molecule has 354 valence electrons. The minimum Gasteiger partial charge on any atom is -0.368 e. The molecule has 6 atom stereocenters. The number of benzene rings is 4. The molecule has 11 N–H and O–H groups in total. The van der Waals surface area contributed by atoms with Gasteiger partial charge in [0.2, 0.25) is 41.4 Å². The number of aromatic nitrogens is 1. The molecule has 1 aromatic heterocycles. The Hall–Kier alpha value is -7.33. The van der Waals surface area contributed by atoms with Crippen LogP contribution in [-0.4, -0.2) is 89.1 Å². The molecule has 67 heavy (non-hydrogen) atoms. The number of unbranched alkanes of at least 4 members (excludes halogenated alkanes) is 1. The van der Waals surface area contributed by atoms with Gasteiger partial charge in [-0.1, -0.05) is 123 Å². The van der Waals surface area contributed by atoms with Crippen LogP contribution < -0.4 is 43.4 Å².